The van der Waals surface area contributed by atoms with Crippen molar-refractivity contribution in [3.05, 3.63) is 54.4 Å². The number of aliphatic hydroxyl groups is 1. The maximum Gasteiger partial charge on any atom is 0.339 e. The maximum atomic E-state index is 12.3. The van der Waals surface area contributed by atoms with Crippen molar-refractivity contribution in [2.45, 2.75) is 57.3 Å². The fourth-order valence-electron chi connectivity index (χ4n) is 3.88. The van der Waals surface area contributed by atoms with Gasteiger partial charge in [0.2, 0.25) is 0 Å². The molecule has 2 aliphatic rings. The van der Waals surface area contributed by atoms with E-state index in [1.165, 1.54) is 18.3 Å². The number of pyridine rings is 1. The average molecular weight is 385 g/mol. The molecule has 150 valence electrons. The molecule has 1 aliphatic carbocycles. The zero-order valence-corrected chi connectivity index (χ0v) is 16.1. The van der Waals surface area contributed by atoms with Gasteiger partial charge in [0.25, 0.3) is 0 Å². The zero-order chi connectivity index (χ0) is 19.9. The molecule has 0 aromatic carbocycles. The Bertz CT molecular complexity index is 730. The van der Waals surface area contributed by atoms with Crippen molar-refractivity contribution in [1.82, 2.24) is 4.98 Å². The van der Waals surface area contributed by atoms with Crippen LogP contribution in [0.3, 0.4) is 0 Å². The molecule has 1 aromatic rings. The second-order valence-electron chi connectivity index (χ2n) is 7.52. The molecule has 1 aromatic heterocycles. The van der Waals surface area contributed by atoms with E-state index in [9.17, 15) is 14.7 Å². The third-order valence-corrected chi connectivity index (χ3v) is 5.34. The third kappa shape index (κ3) is 5.52. The third-order valence-electron chi connectivity index (χ3n) is 5.34. The highest BCUT2D eigenvalue weighted by atomic mass is 16.5. The Labute approximate surface area is 165 Å². The summed E-state index contributed by atoms with van der Waals surface area (Å²) >= 11 is 0. The van der Waals surface area contributed by atoms with Gasteiger partial charge >= 0.3 is 11.9 Å². The van der Waals surface area contributed by atoms with Crippen molar-refractivity contribution in [1.29, 1.82) is 0 Å². The summed E-state index contributed by atoms with van der Waals surface area (Å²) in [6.07, 6.45) is 12.7. The standard InChI is InChI=1S/C22H27NO5/c1-15-6-3-2-4-7-16-12-18(28-22(26)17-8-5-11-23-14-17)13-19(16)20(24)9-10-21(25)27-15/h4-5,7-11,14-16,18-20,24H,2-3,6,12-13H2,1H3/b7-4+,10-9?/t15-,16+,18-,19+,20+/m0/s1. The molecule has 2 heterocycles. The van der Waals surface area contributed by atoms with Gasteiger partial charge in [0.05, 0.1) is 17.8 Å². The number of hydrogen-bond donors (Lipinski definition) is 1. The van der Waals surface area contributed by atoms with Crippen LogP contribution in [0, 0.1) is 11.8 Å². The SMILES string of the molecule is C[C@H]1CCC/C=C/[C@@H]2C[C@H](OC(=O)c3cccnc3)C[C@H]2[C@H](O)C=CC(=O)O1. The summed E-state index contributed by atoms with van der Waals surface area (Å²) in [4.78, 5) is 28.2. The van der Waals surface area contributed by atoms with Crippen molar-refractivity contribution in [2.24, 2.45) is 11.8 Å². The first-order chi connectivity index (χ1) is 13.5. The van der Waals surface area contributed by atoms with E-state index < -0.39 is 18.0 Å². The summed E-state index contributed by atoms with van der Waals surface area (Å²) < 4.78 is 11.0. The number of nitrogens with zero attached hydrogens (tertiary/aromatic N) is 1. The van der Waals surface area contributed by atoms with Gasteiger partial charge in [-0.3, -0.25) is 4.98 Å². The lowest BCUT2D eigenvalue weighted by Gasteiger charge is -2.19. The summed E-state index contributed by atoms with van der Waals surface area (Å²) in [5, 5.41) is 10.6. The minimum atomic E-state index is -0.805. The van der Waals surface area contributed by atoms with Gasteiger partial charge in [-0.05, 0) is 69.1 Å². The predicted molar refractivity (Wildman–Crippen MR) is 103 cm³/mol. The average Bonchev–Trinajstić information content (AvgIpc) is 3.08. The van der Waals surface area contributed by atoms with Crippen LogP contribution < -0.4 is 0 Å². The molecule has 0 unspecified atom stereocenters. The number of esters is 2. The van der Waals surface area contributed by atoms with Crippen molar-refractivity contribution >= 4 is 11.9 Å². The molecular weight excluding hydrogens is 358 g/mol. The Balaban J connectivity index is 1.69. The van der Waals surface area contributed by atoms with Crippen molar-refractivity contribution in [2.75, 3.05) is 0 Å². The fraction of sp³-hybridized carbons (Fsp3) is 0.500. The van der Waals surface area contributed by atoms with Crippen LogP contribution in [0.15, 0.2) is 48.8 Å². The van der Waals surface area contributed by atoms with Gasteiger partial charge in [-0.25, -0.2) is 9.59 Å². The van der Waals surface area contributed by atoms with Crippen LogP contribution in [0.5, 0.6) is 0 Å². The number of carbonyl (C=O) groups excluding carboxylic acids is 2. The molecule has 1 aliphatic heterocycles. The molecule has 0 amide bonds. The van der Waals surface area contributed by atoms with Crippen molar-refractivity contribution < 1.29 is 24.2 Å². The molecule has 0 radical (unpaired) electrons. The van der Waals surface area contributed by atoms with E-state index in [2.05, 4.69) is 17.1 Å². The van der Waals surface area contributed by atoms with E-state index >= 15 is 0 Å². The number of ether oxygens (including phenoxy) is 2. The van der Waals surface area contributed by atoms with Gasteiger partial charge in [0.15, 0.2) is 0 Å². The highest BCUT2D eigenvalue weighted by molar-refractivity contribution is 5.89. The van der Waals surface area contributed by atoms with E-state index in [4.69, 9.17) is 9.47 Å². The van der Waals surface area contributed by atoms with E-state index in [1.54, 1.807) is 18.3 Å². The van der Waals surface area contributed by atoms with Gasteiger partial charge < -0.3 is 14.6 Å². The Kier molecular flexibility index (Phi) is 6.98. The molecule has 5 atom stereocenters. The highest BCUT2D eigenvalue weighted by Gasteiger charge is 2.38. The first kappa shape index (κ1) is 20.3. The largest absolute Gasteiger partial charge is 0.460 e. The number of allylic oxidation sites excluding steroid dienone is 2. The van der Waals surface area contributed by atoms with Crippen LogP contribution in [0.4, 0.5) is 0 Å². The molecular formula is C22H27NO5. The lowest BCUT2D eigenvalue weighted by atomic mass is 9.90. The molecule has 6 nitrogen and oxygen atoms in total. The molecule has 0 spiro atoms. The topological polar surface area (TPSA) is 85.7 Å². The smallest absolute Gasteiger partial charge is 0.339 e. The summed E-state index contributed by atoms with van der Waals surface area (Å²) in [5.41, 5.74) is 0.414. The van der Waals surface area contributed by atoms with Gasteiger partial charge in [-0.1, -0.05) is 12.2 Å². The van der Waals surface area contributed by atoms with Crippen LogP contribution in [-0.2, 0) is 14.3 Å². The second-order valence-corrected chi connectivity index (χ2v) is 7.52. The molecule has 6 heteroatoms. The van der Waals surface area contributed by atoms with Crippen LogP contribution in [0.1, 0.15) is 49.4 Å². The number of carbonyl (C=O) groups is 2. The Hall–Kier alpha value is -2.47. The van der Waals surface area contributed by atoms with Gasteiger partial charge in [-0.15, -0.1) is 0 Å². The number of aliphatic hydroxyl groups excluding tert-OH is 1. The molecule has 1 saturated carbocycles. The van der Waals surface area contributed by atoms with Gasteiger partial charge in [0, 0.05) is 18.5 Å². The first-order valence-electron chi connectivity index (χ1n) is 9.87. The van der Waals surface area contributed by atoms with Gasteiger partial charge in [-0.2, -0.15) is 0 Å². The molecule has 0 saturated heterocycles. The molecule has 3 rings (SSSR count). The van der Waals surface area contributed by atoms with E-state index in [0.29, 0.717) is 18.4 Å². The van der Waals surface area contributed by atoms with Gasteiger partial charge in [0.1, 0.15) is 6.10 Å². The number of cyclic esters (lactones) is 1. The normalized spacial score (nSPS) is 32.2. The van der Waals surface area contributed by atoms with Crippen LogP contribution in [-0.4, -0.2) is 40.3 Å². The monoisotopic (exact) mass is 385 g/mol. The molecule has 0 bridgehead atoms. The summed E-state index contributed by atoms with van der Waals surface area (Å²) in [6.45, 7) is 1.88. The van der Waals surface area contributed by atoms with Crippen molar-refractivity contribution in [3.63, 3.8) is 0 Å². The summed E-state index contributed by atoms with van der Waals surface area (Å²) in [7, 11) is 0. The maximum absolute atomic E-state index is 12.3. The minimum Gasteiger partial charge on any atom is -0.460 e. The number of aromatic nitrogens is 1. The Morgan fingerprint density at radius 3 is 2.96 bits per heavy atom. The summed E-state index contributed by atoms with van der Waals surface area (Å²) in [6, 6.07) is 3.36. The highest BCUT2D eigenvalue weighted by Crippen LogP contribution is 2.38. The first-order valence-corrected chi connectivity index (χ1v) is 9.87. The second kappa shape index (κ2) is 9.64. The minimum absolute atomic E-state index is 0.0838. The number of hydrogen-bond acceptors (Lipinski definition) is 6. The van der Waals surface area contributed by atoms with Crippen LogP contribution in [0.25, 0.3) is 0 Å². The number of fused-ring (bicyclic) bond motifs is 1. The fourth-order valence-corrected chi connectivity index (χ4v) is 3.88. The predicted octanol–water partition coefficient (Wildman–Crippen LogP) is 3.22. The lowest BCUT2D eigenvalue weighted by Crippen LogP contribution is -2.22. The Morgan fingerprint density at radius 2 is 2.18 bits per heavy atom. The van der Waals surface area contributed by atoms with E-state index in [1.807, 2.05) is 6.92 Å². The van der Waals surface area contributed by atoms with E-state index in [0.717, 1.165) is 19.3 Å². The zero-order valence-electron chi connectivity index (χ0n) is 16.1. The molecule has 28 heavy (non-hydrogen) atoms. The quantitative estimate of drug-likeness (QED) is 0.621. The van der Waals surface area contributed by atoms with Crippen molar-refractivity contribution in [3.8, 4) is 0 Å². The number of rotatable bonds is 2. The lowest BCUT2D eigenvalue weighted by molar-refractivity contribution is -0.142. The molecule has 1 fully saturated rings. The Morgan fingerprint density at radius 1 is 1.32 bits per heavy atom. The summed E-state index contributed by atoms with van der Waals surface area (Å²) in [5.74, 6) is -0.878. The van der Waals surface area contributed by atoms with Crippen LogP contribution in [0.2, 0.25) is 0 Å². The van der Waals surface area contributed by atoms with E-state index in [-0.39, 0.29) is 24.0 Å². The molecule has 1 N–H and O–H groups in total. The van der Waals surface area contributed by atoms with Crippen LogP contribution >= 0.6 is 0 Å².